The number of benzene rings is 1. The minimum Gasteiger partial charge on any atom is -0.326 e. The van der Waals surface area contributed by atoms with Crippen LogP contribution in [0.2, 0.25) is 0 Å². The zero-order valence-corrected chi connectivity index (χ0v) is 12.7. The number of hydrogen-bond donors (Lipinski definition) is 1. The average Bonchev–Trinajstić information content (AvgIpc) is 3.00. The van der Waals surface area contributed by atoms with Crippen LogP contribution in [0.25, 0.3) is 0 Å². The van der Waals surface area contributed by atoms with Crippen molar-refractivity contribution in [3.63, 3.8) is 0 Å². The van der Waals surface area contributed by atoms with Gasteiger partial charge in [0.05, 0.1) is 4.90 Å². The monoisotopic (exact) mass is 294 g/mol. The predicted octanol–water partition coefficient (Wildman–Crippen LogP) is 1.87. The second-order valence-corrected chi connectivity index (χ2v) is 7.98. The summed E-state index contributed by atoms with van der Waals surface area (Å²) in [5.74, 6) is 1.14. The van der Waals surface area contributed by atoms with Crippen LogP contribution in [0.1, 0.15) is 30.4 Å². The van der Waals surface area contributed by atoms with E-state index in [2.05, 4.69) is 0 Å². The molecule has 0 spiro atoms. The smallest absolute Gasteiger partial charge is 0.243 e. The van der Waals surface area contributed by atoms with Crippen LogP contribution in [-0.4, -0.2) is 25.8 Å². The fourth-order valence-electron chi connectivity index (χ4n) is 3.58. The van der Waals surface area contributed by atoms with Crippen LogP contribution in [0.15, 0.2) is 23.1 Å². The van der Waals surface area contributed by atoms with Crippen molar-refractivity contribution >= 4 is 10.0 Å². The first kappa shape index (κ1) is 14.0. The summed E-state index contributed by atoms with van der Waals surface area (Å²) in [4.78, 5) is 0.431. The van der Waals surface area contributed by atoms with Crippen molar-refractivity contribution in [3.05, 3.63) is 29.3 Å². The molecule has 0 bridgehead atoms. The Morgan fingerprint density at radius 3 is 2.50 bits per heavy atom. The zero-order valence-electron chi connectivity index (χ0n) is 11.9. The molecule has 2 fully saturated rings. The van der Waals surface area contributed by atoms with Crippen molar-refractivity contribution in [3.8, 4) is 0 Å². The normalized spacial score (nSPS) is 26.9. The first-order chi connectivity index (χ1) is 9.52. The molecule has 2 atom stereocenters. The van der Waals surface area contributed by atoms with Crippen LogP contribution in [0.4, 0.5) is 0 Å². The van der Waals surface area contributed by atoms with E-state index in [1.807, 2.05) is 19.1 Å². The summed E-state index contributed by atoms with van der Waals surface area (Å²) in [5, 5.41) is 0. The number of fused-ring (bicyclic) bond motifs is 1. The SMILES string of the molecule is Cc1ccc(CN)cc1S(=O)(=O)N1CC2CCCC2C1. The van der Waals surface area contributed by atoms with Gasteiger partial charge in [-0.3, -0.25) is 0 Å². The number of sulfonamides is 1. The molecule has 1 aromatic carbocycles. The van der Waals surface area contributed by atoms with E-state index in [1.54, 1.807) is 10.4 Å². The molecule has 5 heteroatoms. The fourth-order valence-corrected chi connectivity index (χ4v) is 5.41. The molecular weight excluding hydrogens is 272 g/mol. The lowest BCUT2D eigenvalue weighted by molar-refractivity contribution is 0.445. The molecule has 2 N–H and O–H groups in total. The van der Waals surface area contributed by atoms with Crippen LogP contribution in [-0.2, 0) is 16.6 Å². The summed E-state index contributed by atoms with van der Waals surface area (Å²) in [5.41, 5.74) is 7.31. The predicted molar refractivity (Wildman–Crippen MR) is 78.7 cm³/mol. The fraction of sp³-hybridized carbons (Fsp3) is 0.600. The third kappa shape index (κ3) is 2.28. The third-order valence-corrected chi connectivity index (χ3v) is 6.77. The standard InChI is InChI=1S/C15H22N2O2S/c1-11-5-6-12(8-16)7-15(11)20(18,19)17-9-13-3-2-4-14(13)10-17/h5-7,13-14H,2-4,8-10,16H2,1H3. The zero-order chi connectivity index (χ0) is 14.3. The first-order valence-electron chi connectivity index (χ1n) is 7.32. The van der Waals surface area contributed by atoms with Gasteiger partial charge in [0, 0.05) is 19.6 Å². The number of aryl methyl sites for hydroxylation is 1. The summed E-state index contributed by atoms with van der Waals surface area (Å²) in [6.07, 6.45) is 3.61. The quantitative estimate of drug-likeness (QED) is 0.925. The molecule has 0 aromatic heterocycles. The molecule has 1 aliphatic heterocycles. The van der Waals surface area contributed by atoms with Crippen molar-refractivity contribution < 1.29 is 8.42 Å². The lowest BCUT2D eigenvalue weighted by Gasteiger charge is -2.19. The molecule has 1 saturated carbocycles. The number of nitrogens with two attached hydrogens (primary N) is 1. The van der Waals surface area contributed by atoms with Gasteiger partial charge in [-0.15, -0.1) is 0 Å². The summed E-state index contributed by atoms with van der Waals surface area (Å²) < 4.78 is 27.4. The van der Waals surface area contributed by atoms with Crippen molar-refractivity contribution in [1.29, 1.82) is 0 Å². The van der Waals surface area contributed by atoms with Gasteiger partial charge in [0.1, 0.15) is 0 Å². The Balaban J connectivity index is 1.92. The molecule has 110 valence electrons. The second-order valence-electron chi connectivity index (χ2n) is 6.08. The van der Waals surface area contributed by atoms with Crippen molar-refractivity contribution in [1.82, 2.24) is 4.31 Å². The molecule has 2 unspecified atom stereocenters. The van der Waals surface area contributed by atoms with Crippen molar-refractivity contribution in [2.75, 3.05) is 13.1 Å². The summed E-state index contributed by atoms with van der Waals surface area (Å²) >= 11 is 0. The van der Waals surface area contributed by atoms with E-state index in [1.165, 1.54) is 19.3 Å². The highest BCUT2D eigenvalue weighted by atomic mass is 32.2. The average molecular weight is 294 g/mol. The molecule has 1 heterocycles. The summed E-state index contributed by atoms with van der Waals surface area (Å²) in [6.45, 7) is 3.61. The Hall–Kier alpha value is -0.910. The van der Waals surface area contributed by atoms with Gasteiger partial charge in [-0.2, -0.15) is 4.31 Å². The van der Waals surface area contributed by atoms with E-state index in [4.69, 9.17) is 5.73 Å². The van der Waals surface area contributed by atoms with Gasteiger partial charge in [0.15, 0.2) is 0 Å². The molecule has 1 aliphatic carbocycles. The van der Waals surface area contributed by atoms with Gasteiger partial charge in [-0.05, 0) is 48.8 Å². The van der Waals surface area contributed by atoms with Crippen LogP contribution >= 0.6 is 0 Å². The van der Waals surface area contributed by atoms with Crippen LogP contribution in [0.5, 0.6) is 0 Å². The van der Waals surface area contributed by atoms with E-state index in [9.17, 15) is 8.42 Å². The van der Waals surface area contributed by atoms with Gasteiger partial charge >= 0.3 is 0 Å². The number of rotatable bonds is 3. The molecule has 3 rings (SSSR count). The van der Waals surface area contributed by atoms with Gasteiger partial charge in [0.2, 0.25) is 10.0 Å². The van der Waals surface area contributed by atoms with Crippen molar-refractivity contribution in [2.24, 2.45) is 17.6 Å². The third-order valence-electron chi connectivity index (χ3n) is 4.80. The number of nitrogens with zero attached hydrogens (tertiary/aromatic N) is 1. The first-order valence-corrected chi connectivity index (χ1v) is 8.76. The van der Waals surface area contributed by atoms with E-state index >= 15 is 0 Å². The maximum Gasteiger partial charge on any atom is 0.243 e. The molecule has 1 aromatic rings. The van der Waals surface area contributed by atoms with Crippen LogP contribution in [0, 0.1) is 18.8 Å². The Kier molecular flexibility index (Phi) is 3.60. The minimum atomic E-state index is -3.37. The maximum absolute atomic E-state index is 12.8. The molecule has 0 amide bonds. The lowest BCUT2D eigenvalue weighted by Crippen LogP contribution is -2.30. The van der Waals surface area contributed by atoms with Gasteiger partial charge in [0.25, 0.3) is 0 Å². The van der Waals surface area contributed by atoms with E-state index in [-0.39, 0.29) is 0 Å². The highest BCUT2D eigenvalue weighted by Gasteiger charge is 2.41. The Bertz CT molecular complexity index is 600. The second kappa shape index (κ2) is 5.13. The minimum absolute atomic E-state index is 0.369. The molecule has 20 heavy (non-hydrogen) atoms. The molecule has 4 nitrogen and oxygen atoms in total. The maximum atomic E-state index is 12.8. The Labute approximate surface area is 121 Å². The van der Waals surface area contributed by atoms with Gasteiger partial charge in [-0.1, -0.05) is 18.6 Å². The van der Waals surface area contributed by atoms with E-state index < -0.39 is 10.0 Å². The molecule has 1 saturated heterocycles. The molecule has 2 aliphatic rings. The summed E-state index contributed by atoms with van der Waals surface area (Å²) in [7, 11) is -3.37. The number of hydrogen-bond acceptors (Lipinski definition) is 3. The highest BCUT2D eigenvalue weighted by molar-refractivity contribution is 7.89. The Morgan fingerprint density at radius 1 is 1.25 bits per heavy atom. The van der Waals surface area contributed by atoms with Gasteiger partial charge in [-0.25, -0.2) is 8.42 Å². The topological polar surface area (TPSA) is 63.4 Å². The van der Waals surface area contributed by atoms with E-state index in [0.717, 1.165) is 11.1 Å². The molecule has 0 radical (unpaired) electrons. The van der Waals surface area contributed by atoms with Crippen LogP contribution < -0.4 is 5.73 Å². The summed E-state index contributed by atoms with van der Waals surface area (Å²) in [6, 6.07) is 5.48. The van der Waals surface area contributed by atoms with E-state index in [0.29, 0.717) is 36.4 Å². The largest absolute Gasteiger partial charge is 0.326 e. The molecular formula is C15H22N2O2S. The Morgan fingerprint density at radius 2 is 1.90 bits per heavy atom. The highest BCUT2D eigenvalue weighted by Crippen LogP contribution is 2.40. The van der Waals surface area contributed by atoms with Gasteiger partial charge < -0.3 is 5.73 Å². The van der Waals surface area contributed by atoms with Crippen molar-refractivity contribution in [2.45, 2.75) is 37.6 Å². The van der Waals surface area contributed by atoms with Crippen LogP contribution in [0.3, 0.4) is 0 Å². The lowest BCUT2D eigenvalue weighted by atomic mass is 10.0.